The van der Waals surface area contributed by atoms with Gasteiger partial charge in [-0.05, 0) is 12.8 Å². The number of carbonyl (C=O) groups is 1. The molecule has 1 saturated heterocycles. The molecule has 104 valence electrons. The highest BCUT2D eigenvalue weighted by atomic mass is 32.1. The summed E-state index contributed by atoms with van der Waals surface area (Å²) in [7, 11) is 0. The minimum Gasteiger partial charge on any atom is -0.355 e. The molecule has 5 nitrogen and oxygen atoms in total. The van der Waals surface area contributed by atoms with E-state index in [0.29, 0.717) is 12.5 Å². The molecule has 1 unspecified atom stereocenters. The predicted molar refractivity (Wildman–Crippen MR) is 75.4 cm³/mol. The molecule has 2 aliphatic rings. The third-order valence-corrected chi connectivity index (χ3v) is 4.22. The average Bonchev–Trinajstić information content (AvgIpc) is 2.92. The van der Waals surface area contributed by atoms with E-state index in [0.717, 1.165) is 17.5 Å². The Morgan fingerprint density at radius 2 is 2.11 bits per heavy atom. The number of anilines is 1. The van der Waals surface area contributed by atoms with E-state index in [-0.39, 0.29) is 17.4 Å². The lowest BCUT2D eigenvalue weighted by molar-refractivity contribution is -0.128. The Morgan fingerprint density at radius 1 is 1.37 bits per heavy atom. The number of likely N-dealkylation sites (tertiary alicyclic amines) is 1. The van der Waals surface area contributed by atoms with Crippen molar-refractivity contribution in [2.75, 3.05) is 11.9 Å². The highest BCUT2D eigenvalue weighted by Gasteiger charge is 2.39. The van der Waals surface area contributed by atoms with Gasteiger partial charge in [0.1, 0.15) is 5.82 Å². The molecular weight excluding hydrogens is 260 g/mol. The topological polar surface area (TPSA) is 58.1 Å². The molecule has 0 bridgehead atoms. The number of amides is 1. The summed E-state index contributed by atoms with van der Waals surface area (Å²) in [6.45, 7) is 7.13. The van der Waals surface area contributed by atoms with Crippen LogP contribution >= 0.6 is 11.5 Å². The number of hydrogen-bond donors (Lipinski definition) is 1. The molecule has 1 atom stereocenters. The Kier molecular flexibility index (Phi) is 3.00. The molecule has 1 aromatic rings. The summed E-state index contributed by atoms with van der Waals surface area (Å²) in [6.07, 6.45) is 2.93. The zero-order chi connectivity index (χ0) is 13.6. The molecule has 1 aliphatic heterocycles. The lowest BCUT2D eigenvalue weighted by Gasteiger charge is -2.15. The fourth-order valence-electron chi connectivity index (χ4n) is 2.33. The zero-order valence-corrected chi connectivity index (χ0v) is 12.5. The van der Waals surface area contributed by atoms with E-state index in [1.54, 1.807) is 0 Å². The van der Waals surface area contributed by atoms with E-state index in [1.807, 2.05) is 4.90 Å². The first kappa shape index (κ1) is 12.8. The van der Waals surface area contributed by atoms with Gasteiger partial charge in [0.25, 0.3) is 0 Å². The standard InChI is InChI=1S/C13H20N4OS/c1-13(2,3)11-15-12(19-16-11)14-8-6-10(18)17(7-8)9-4-5-9/h8-9H,4-7H2,1-3H3,(H,14,15,16). The molecule has 0 spiro atoms. The molecule has 1 N–H and O–H groups in total. The molecule has 2 heterocycles. The van der Waals surface area contributed by atoms with Crippen LogP contribution in [0.1, 0.15) is 45.9 Å². The lowest BCUT2D eigenvalue weighted by Crippen LogP contribution is -2.29. The van der Waals surface area contributed by atoms with Crippen molar-refractivity contribution in [1.29, 1.82) is 0 Å². The first-order valence-electron chi connectivity index (χ1n) is 6.83. The van der Waals surface area contributed by atoms with Crippen LogP contribution in [0.2, 0.25) is 0 Å². The summed E-state index contributed by atoms with van der Waals surface area (Å²) < 4.78 is 4.38. The van der Waals surface area contributed by atoms with E-state index in [4.69, 9.17) is 0 Å². The van der Waals surface area contributed by atoms with Crippen LogP contribution in [0, 0.1) is 0 Å². The summed E-state index contributed by atoms with van der Waals surface area (Å²) in [5, 5.41) is 4.19. The van der Waals surface area contributed by atoms with Crippen LogP contribution in [-0.2, 0) is 10.2 Å². The molecular formula is C13H20N4OS. The summed E-state index contributed by atoms with van der Waals surface area (Å²) in [5.74, 6) is 1.14. The highest BCUT2D eigenvalue weighted by Crippen LogP contribution is 2.32. The van der Waals surface area contributed by atoms with Crippen LogP contribution in [-0.4, -0.2) is 38.8 Å². The van der Waals surface area contributed by atoms with E-state index in [9.17, 15) is 4.79 Å². The van der Waals surface area contributed by atoms with Crippen molar-refractivity contribution in [2.45, 2.75) is 57.5 Å². The van der Waals surface area contributed by atoms with Gasteiger partial charge in [-0.2, -0.15) is 4.37 Å². The Labute approximate surface area is 117 Å². The second-order valence-corrected chi connectivity index (χ2v) is 7.25. The smallest absolute Gasteiger partial charge is 0.225 e. The van der Waals surface area contributed by atoms with Gasteiger partial charge < -0.3 is 10.2 Å². The van der Waals surface area contributed by atoms with Crippen molar-refractivity contribution in [3.8, 4) is 0 Å². The van der Waals surface area contributed by atoms with Gasteiger partial charge >= 0.3 is 0 Å². The van der Waals surface area contributed by atoms with Gasteiger partial charge in [0.2, 0.25) is 11.0 Å². The fourth-order valence-corrected chi connectivity index (χ4v) is 3.16. The first-order chi connectivity index (χ1) is 8.93. The monoisotopic (exact) mass is 280 g/mol. The van der Waals surface area contributed by atoms with Crippen LogP contribution in [0.3, 0.4) is 0 Å². The van der Waals surface area contributed by atoms with Gasteiger partial charge in [-0.3, -0.25) is 4.79 Å². The number of aromatic nitrogens is 2. The maximum atomic E-state index is 11.9. The van der Waals surface area contributed by atoms with Crippen LogP contribution in [0.4, 0.5) is 5.13 Å². The molecule has 0 radical (unpaired) electrons. The second kappa shape index (κ2) is 4.44. The summed E-state index contributed by atoms with van der Waals surface area (Å²) >= 11 is 1.39. The third kappa shape index (κ3) is 2.73. The molecule has 1 amide bonds. The van der Waals surface area contributed by atoms with Crippen LogP contribution in [0.5, 0.6) is 0 Å². The summed E-state index contributed by atoms with van der Waals surface area (Å²) in [4.78, 5) is 18.4. The van der Waals surface area contributed by atoms with Crippen LogP contribution in [0.15, 0.2) is 0 Å². The van der Waals surface area contributed by atoms with Gasteiger partial charge in [0.05, 0.1) is 6.04 Å². The van der Waals surface area contributed by atoms with Gasteiger partial charge in [-0.25, -0.2) is 4.98 Å². The van der Waals surface area contributed by atoms with Crippen LogP contribution in [0.25, 0.3) is 0 Å². The fraction of sp³-hybridized carbons (Fsp3) is 0.769. The number of nitrogens with one attached hydrogen (secondary N) is 1. The molecule has 6 heteroatoms. The van der Waals surface area contributed by atoms with Gasteiger partial charge in [-0.1, -0.05) is 20.8 Å². The Bertz CT molecular complexity index is 489. The molecule has 2 fully saturated rings. The maximum Gasteiger partial charge on any atom is 0.225 e. The van der Waals surface area contributed by atoms with Crippen molar-refractivity contribution in [1.82, 2.24) is 14.3 Å². The largest absolute Gasteiger partial charge is 0.355 e. The molecule has 3 rings (SSSR count). The molecule has 1 aromatic heterocycles. The lowest BCUT2D eigenvalue weighted by atomic mass is 9.96. The van der Waals surface area contributed by atoms with Crippen molar-refractivity contribution in [2.24, 2.45) is 0 Å². The van der Waals surface area contributed by atoms with E-state index in [1.165, 1.54) is 24.4 Å². The second-order valence-electron chi connectivity index (χ2n) is 6.50. The minimum atomic E-state index is -0.0258. The van der Waals surface area contributed by atoms with Gasteiger partial charge in [0, 0.05) is 36.0 Å². The third-order valence-electron chi connectivity index (χ3n) is 3.57. The SMILES string of the molecule is CC(C)(C)c1nsc(NC2CC(=O)N(C3CC3)C2)n1. The Hall–Kier alpha value is -1.17. The van der Waals surface area contributed by atoms with Crippen molar-refractivity contribution in [3.05, 3.63) is 5.82 Å². The normalized spacial score (nSPS) is 24.1. The van der Waals surface area contributed by atoms with E-state index < -0.39 is 0 Å². The molecule has 0 aromatic carbocycles. The molecule has 1 aliphatic carbocycles. The average molecular weight is 280 g/mol. The maximum absolute atomic E-state index is 11.9. The number of carbonyl (C=O) groups excluding carboxylic acids is 1. The van der Waals surface area contributed by atoms with E-state index >= 15 is 0 Å². The zero-order valence-electron chi connectivity index (χ0n) is 11.6. The Balaban J connectivity index is 1.63. The van der Waals surface area contributed by atoms with Crippen molar-refractivity contribution in [3.63, 3.8) is 0 Å². The van der Waals surface area contributed by atoms with Gasteiger partial charge in [0.15, 0.2) is 0 Å². The highest BCUT2D eigenvalue weighted by molar-refractivity contribution is 7.09. The molecule has 19 heavy (non-hydrogen) atoms. The number of rotatable bonds is 3. The number of hydrogen-bond acceptors (Lipinski definition) is 5. The predicted octanol–water partition coefficient (Wildman–Crippen LogP) is 2.01. The Morgan fingerprint density at radius 3 is 2.68 bits per heavy atom. The summed E-state index contributed by atoms with van der Waals surface area (Å²) in [6, 6.07) is 0.702. The van der Waals surface area contributed by atoms with Crippen molar-refractivity contribution >= 4 is 22.6 Å². The van der Waals surface area contributed by atoms with Gasteiger partial charge in [-0.15, -0.1) is 0 Å². The van der Waals surface area contributed by atoms with E-state index in [2.05, 4.69) is 35.4 Å². The quantitative estimate of drug-likeness (QED) is 0.920. The molecule has 1 saturated carbocycles. The summed E-state index contributed by atoms with van der Waals surface area (Å²) in [5.41, 5.74) is -0.0258. The minimum absolute atomic E-state index is 0.0258. The van der Waals surface area contributed by atoms with Crippen molar-refractivity contribution < 1.29 is 4.79 Å². The number of nitrogens with zero attached hydrogens (tertiary/aromatic N) is 3. The first-order valence-corrected chi connectivity index (χ1v) is 7.61. The van der Waals surface area contributed by atoms with Crippen LogP contribution < -0.4 is 5.32 Å².